The molecule has 0 aliphatic carbocycles. The van der Waals surface area contributed by atoms with Gasteiger partial charge in [-0.1, -0.05) is 18.2 Å². The second kappa shape index (κ2) is 5.44. The van der Waals surface area contributed by atoms with E-state index in [1.165, 1.54) is 0 Å². The molecular formula is C13H15N3O2. The van der Waals surface area contributed by atoms with Crippen LogP contribution in [0.25, 0.3) is 10.9 Å². The van der Waals surface area contributed by atoms with Gasteiger partial charge in [0.2, 0.25) is 0 Å². The van der Waals surface area contributed by atoms with E-state index in [9.17, 15) is 4.79 Å². The van der Waals surface area contributed by atoms with E-state index >= 15 is 0 Å². The van der Waals surface area contributed by atoms with Gasteiger partial charge in [0, 0.05) is 25.4 Å². The molecule has 0 spiro atoms. The average molecular weight is 245 g/mol. The van der Waals surface area contributed by atoms with Crippen LogP contribution in [0.5, 0.6) is 0 Å². The van der Waals surface area contributed by atoms with Crippen LogP contribution in [0, 0.1) is 0 Å². The highest BCUT2D eigenvalue weighted by atomic mass is 16.4. The quantitative estimate of drug-likeness (QED) is 0.871. The number of anilines is 1. The Kier molecular flexibility index (Phi) is 3.72. The van der Waals surface area contributed by atoms with E-state index in [0.29, 0.717) is 13.0 Å². The fraction of sp³-hybridized carbons (Fsp3) is 0.308. The van der Waals surface area contributed by atoms with Crippen molar-refractivity contribution in [1.82, 2.24) is 10.2 Å². The standard InChI is InChI=1S/C13H15N3O2/c1-16(8-4-7-13(17)18)12-9-14-15-11-6-3-2-5-10(11)12/h2-3,5-6,9H,4,7-8H2,1H3,(H,17,18). The van der Waals surface area contributed by atoms with Crippen LogP contribution in [-0.2, 0) is 4.79 Å². The van der Waals surface area contributed by atoms with Crippen LogP contribution in [0.3, 0.4) is 0 Å². The van der Waals surface area contributed by atoms with Crippen molar-refractivity contribution >= 4 is 22.6 Å². The third-order valence-corrected chi connectivity index (χ3v) is 2.82. The van der Waals surface area contributed by atoms with E-state index in [1.807, 2.05) is 36.2 Å². The smallest absolute Gasteiger partial charge is 0.303 e. The first kappa shape index (κ1) is 12.3. The van der Waals surface area contributed by atoms with Crippen molar-refractivity contribution in [1.29, 1.82) is 0 Å². The van der Waals surface area contributed by atoms with Crippen LogP contribution in [-0.4, -0.2) is 34.9 Å². The minimum Gasteiger partial charge on any atom is -0.481 e. The number of hydrogen-bond acceptors (Lipinski definition) is 4. The SMILES string of the molecule is CN(CCCC(=O)O)c1cnnc2ccccc12. The number of aliphatic carboxylic acids is 1. The van der Waals surface area contributed by atoms with Crippen molar-refractivity contribution in [2.45, 2.75) is 12.8 Å². The molecule has 0 aliphatic heterocycles. The zero-order valence-corrected chi connectivity index (χ0v) is 10.2. The highest BCUT2D eigenvalue weighted by molar-refractivity contribution is 5.90. The predicted octanol–water partition coefficient (Wildman–Crippen LogP) is 1.93. The van der Waals surface area contributed by atoms with Gasteiger partial charge in [-0.15, -0.1) is 0 Å². The first-order valence-corrected chi connectivity index (χ1v) is 5.82. The number of carboxylic acid groups (broad SMARTS) is 1. The summed E-state index contributed by atoms with van der Waals surface area (Å²) in [4.78, 5) is 12.5. The first-order chi connectivity index (χ1) is 8.68. The van der Waals surface area contributed by atoms with Gasteiger partial charge in [-0.3, -0.25) is 4.79 Å². The average Bonchev–Trinajstić information content (AvgIpc) is 2.37. The van der Waals surface area contributed by atoms with Gasteiger partial charge >= 0.3 is 5.97 Å². The van der Waals surface area contributed by atoms with E-state index in [2.05, 4.69) is 10.2 Å². The molecule has 0 aliphatic rings. The molecule has 2 rings (SSSR count). The predicted molar refractivity (Wildman–Crippen MR) is 69.7 cm³/mol. The Labute approximate surface area is 105 Å². The number of hydrogen-bond donors (Lipinski definition) is 1. The molecule has 94 valence electrons. The first-order valence-electron chi connectivity index (χ1n) is 5.82. The van der Waals surface area contributed by atoms with Crippen LogP contribution in [0.15, 0.2) is 30.5 Å². The molecule has 1 N–H and O–H groups in total. The monoisotopic (exact) mass is 245 g/mol. The number of benzene rings is 1. The third kappa shape index (κ3) is 2.74. The molecule has 1 heterocycles. The molecule has 0 unspecified atom stereocenters. The van der Waals surface area contributed by atoms with E-state index in [-0.39, 0.29) is 6.42 Å². The second-order valence-electron chi connectivity index (χ2n) is 4.17. The normalized spacial score (nSPS) is 10.5. The summed E-state index contributed by atoms with van der Waals surface area (Å²) in [5, 5.41) is 17.7. The number of fused-ring (bicyclic) bond motifs is 1. The molecule has 1 aromatic heterocycles. The van der Waals surface area contributed by atoms with Gasteiger partial charge in [-0.2, -0.15) is 10.2 Å². The van der Waals surface area contributed by atoms with Gasteiger partial charge in [0.1, 0.15) is 0 Å². The van der Waals surface area contributed by atoms with Crippen molar-refractivity contribution in [3.05, 3.63) is 30.5 Å². The van der Waals surface area contributed by atoms with E-state index < -0.39 is 5.97 Å². The fourth-order valence-corrected chi connectivity index (χ4v) is 1.88. The molecule has 0 bridgehead atoms. The van der Waals surface area contributed by atoms with Gasteiger partial charge in [0.05, 0.1) is 17.4 Å². The summed E-state index contributed by atoms with van der Waals surface area (Å²) >= 11 is 0. The van der Waals surface area contributed by atoms with E-state index in [4.69, 9.17) is 5.11 Å². The lowest BCUT2D eigenvalue weighted by Crippen LogP contribution is -2.20. The molecule has 2 aromatic rings. The maximum Gasteiger partial charge on any atom is 0.303 e. The highest BCUT2D eigenvalue weighted by Gasteiger charge is 2.07. The fourth-order valence-electron chi connectivity index (χ4n) is 1.88. The number of rotatable bonds is 5. The summed E-state index contributed by atoms with van der Waals surface area (Å²) in [5.41, 5.74) is 1.83. The maximum absolute atomic E-state index is 10.5. The van der Waals surface area contributed by atoms with Crippen LogP contribution < -0.4 is 4.90 Å². The molecule has 18 heavy (non-hydrogen) atoms. The Balaban J connectivity index is 2.17. The molecule has 0 saturated carbocycles. The molecular weight excluding hydrogens is 230 g/mol. The molecule has 0 saturated heterocycles. The molecule has 0 fully saturated rings. The van der Waals surface area contributed by atoms with Crippen molar-refractivity contribution in [3.8, 4) is 0 Å². The van der Waals surface area contributed by atoms with Crippen molar-refractivity contribution < 1.29 is 9.90 Å². The number of aromatic nitrogens is 2. The van der Waals surface area contributed by atoms with E-state index in [0.717, 1.165) is 16.6 Å². The second-order valence-corrected chi connectivity index (χ2v) is 4.17. The Hall–Kier alpha value is -2.17. The Bertz CT molecular complexity index is 551. The van der Waals surface area contributed by atoms with Crippen LogP contribution in [0.2, 0.25) is 0 Å². The lowest BCUT2D eigenvalue weighted by molar-refractivity contribution is -0.137. The van der Waals surface area contributed by atoms with Crippen LogP contribution in [0.1, 0.15) is 12.8 Å². The van der Waals surface area contributed by atoms with Crippen molar-refractivity contribution in [3.63, 3.8) is 0 Å². The lowest BCUT2D eigenvalue weighted by Gasteiger charge is -2.19. The zero-order valence-electron chi connectivity index (χ0n) is 10.2. The topological polar surface area (TPSA) is 66.3 Å². The molecule has 0 atom stereocenters. The van der Waals surface area contributed by atoms with Crippen LogP contribution >= 0.6 is 0 Å². The highest BCUT2D eigenvalue weighted by Crippen LogP contribution is 2.23. The van der Waals surface area contributed by atoms with Crippen molar-refractivity contribution in [2.24, 2.45) is 0 Å². The number of carbonyl (C=O) groups is 1. The summed E-state index contributed by atoms with van der Waals surface area (Å²) in [6, 6.07) is 7.79. The largest absolute Gasteiger partial charge is 0.481 e. The zero-order chi connectivity index (χ0) is 13.0. The van der Waals surface area contributed by atoms with Crippen molar-refractivity contribution in [2.75, 3.05) is 18.5 Å². The summed E-state index contributed by atoms with van der Waals surface area (Å²) < 4.78 is 0. The third-order valence-electron chi connectivity index (χ3n) is 2.82. The lowest BCUT2D eigenvalue weighted by atomic mass is 10.2. The molecule has 1 aromatic carbocycles. The van der Waals surface area contributed by atoms with Gasteiger partial charge in [-0.05, 0) is 12.5 Å². The number of nitrogens with zero attached hydrogens (tertiary/aromatic N) is 3. The molecule has 0 radical (unpaired) electrons. The minimum atomic E-state index is -0.763. The van der Waals surface area contributed by atoms with Gasteiger partial charge in [0.25, 0.3) is 0 Å². The summed E-state index contributed by atoms with van der Waals surface area (Å²) in [6.45, 7) is 0.683. The Morgan fingerprint density at radius 3 is 2.94 bits per heavy atom. The molecule has 5 nitrogen and oxygen atoms in total. The molecule has 5 heteroatoms. The maximum atomic E-state index is 10.5. The van der Waals surface area contributed by atoms with Gasteiger partial charge < -0.3 is 10.0 Å². The molecule has 0 amide bonds. The van der Waals surface area contributed by atoms with Crippen LogP contribution in [0.4, 0.5) is 5.69 Å². The van der Waals surface area contributed by atoms with Gasteiger partial charge in [0.15, 0.2) is 0 Å². The summed E-state index contributed by atoms with van der Waals surface area (Å²) in [5.74, 6) is -0.763. The summed E-state index contributed by atoms with van der Waals surface area (Å²) in [7, 11) is 1.94. The van der Waals surface area contributed by atoms with Gasteiger partial charge in [-0.25, -0.2) is 0 Å². The Morgan fingerprint density at radius 1 is 1.39 bits per heavy atom. The minimum absolute atomic E-state index is 0.181. The number of carboxylic acids is 1. The Morgan fingerprint density at radius 2 is 2.17 bits per heavy atom. The van der Waals surface area contributed by atoms with E-state index in [1.54, 1.807) is 6.20 Å². The summed E-state index contributed by atoms with van der Waals surface area (Å²) in [6.07, 6.45) is 2.51.